The molecule has 0 spiro atoms. The molecule has 7 nitrogen and oxygen atoms in total. The molecule has 9 heteroatoms. The van der Waals surface area contributed by atoms with Gasteiger partial charge in [-0.15, -0.1) is 0 Å². The highest BCUT2D eigenvalue weighted by Gasteiger charge is 2.32. The van der Waals surface area contributed by atoms with Gasteiger partial charge in [0.15, 0.2) is 0 Å². The maximum atomic E-state index is 13.8. The molecule has 0 bridgehead atoms. The molecule has 1 amide bonds. The highest BCUT2D eigenvalue weighted by molar-refractivity contribution is 6.43. The Labute approximate surface area is 179 Å². The average molecular weight is 432 g/mol. The quantitative estimate of drug-likeness (QED) is 0.683. The summed E-state index contributed by atoms with van der Waals surface area (Å²) in [6.45, 7) is 5.31. The van der Waals surface area contributed by atoms with Gasteiger partial charge in [-0.2, -0.15) is 0 Å². The lowest BCUT2D eigenvalue weighted by Gasteiger charge is -2.28. The summed E-state index contributed by atoms with van der Waals surface area (Å²) in [6, 6.07) is 4.13. The van der Waals surface area contributed by atoms with E-state index < -0.39 is 5.82 Å². The van der Waals surface area contributed by atoms with Crippen LogP contribution in [0.4, 0.5) is 4.39 Å². The number of hydrogen-bond acceptors (Lipinski definition) is 6. The fourth-order valence-electron chi connectivity index (χ4n) is 3.53. The summed E-state index contributed by atoms with van der Waals surface area (Å²) in [4.78, 5) is 19.1. The van der Waals surface area contributed by atoms with Crippen molar-refractivity contribution in [3.8, 4) is 5.75 Å². The Kier molecular flexibility index (Phi) is 5.62. The van der Waals surface area contributed by atoms with E-state index in [1.807, 2.05) is 6.92 Å². The van der Waals surface area contributed by atoms with Crippen LogP contribution in [0.3, 0.4) is 0 Å². The van der Waals surface area contributed by atoms with E-state index >= 15 is 0 Å². The van der Waals surface area contributed by atoms with Crippen LogP contribution in [-0.4, -0.2) is 54.5 Å². The molecule has 0 aromatic heterocycles. The van der Waals surface area contributed by atoms with Crippen LogP contribution in [0.1, 0.15) is 30.6 Å². The van der Waals surface area contributed by atoms with Gasteiger partial charge >= 0.3 is 0 Å². The van der Waals surface area contributed by atoms with Crippen LogP contribution >= 0.6 is 11.6 Å². The number of carbonyl (C=O) groups excluding carboxylic acids is 1. The van der Waals surface area contributed by atoms with E-state index in [1.54, 1.807) is 6.92 Å². The van der Waals surface area contributed by atoms with Crippen LogP contribution < -0.4 is 15.4 Å². The zero-order valence-electron chi connectivity index (χ0n) is 16.8. The smallest absolute Gasteiger partial charge is 0.258 e. The second-order valence-electron chi connectivity index (χ2n) is 7.62. The van der Waals surface area contributed by atoms with Crippen molar-refractivity contribution in [1.29, 1.82) is 5.41 Å². The first-order valence-electron chi connectivity index (χ1n) is 9.78. The monoisotopic (exact) mass is 431 g/mol. The van der Waals surface area contributed by atoms with Crippen LogP contribution in [0.15, 0.2) is 45.3 Å². The minimum atomic E-state index is -0.463. The van der Waals surface area contributed by atoms with Gasteiger partial charge in [-0.05, 0) is 38.9 Å². The lowest BCUT2D eigenvalue weighted by Crippen LogP contribution is -2.46. The third kappa shape index (κ3) is 3.97. The van der Waals surface area contributed by atoms with E-state index in [-0.39, 0.29) is 36.4 Å². The number of carbonyl (C=O) groups is 1. The number of nitrogens with one attached hydrogen (secondary N) is 3. The van der Waals surface area contributed by atoms with Gasteiger partial charge in [-0.3, -0.25) is 4.79 Å². The van der Waals surface area contributed by atoms with Crippen LogP contribution in [0.5, 0.6) is 5.75 Å². The molecule has 0 aliphatic carbocycles. The van der Waals surface area contributed by atoms with Gasteiger partial charge in [-0.25, -0.2) is 9.38 Å². The summed E-state index contributed by atoms with van der Waals surface area (Å²) in [5.74, 6) is -0.0259. The molecule has 0 saturated carbocycles. The van der Waals surface area contributed by atoms with Crippen LogP contribution in [0, 0.1) is 11.2 Å². The van der Waals surface area contributed by atoms with Crippen molar-refractivity contribution in [3.05, 3.63) is 51.7 Å². The zero-order chi connectivity index (χ0) is 21.4. The van der Waals surface area contributed by atoms with Crippen molar-refractivity contribution >= 4 is 28.9 Å². The van der Waals surface area contributed by atoms with Crippen molar-refractivity contribution in [2.45, 2.75) is 26.3 Å². The number of hydrogen-bond donors (Lipinski definition) is 3. The van der Waals surface area contributed by atoms with Gasteiger partial charge < -0.3 is 25.7 Å². The standard InChI is InChI=1S/C21H23ClFN5O2/c1-11-19(22)12(2)27-20(26-11)16-8-28(9-17(16)24)21(29)15-4-3-13(23)7-18(15)30-10-14-5-6-25-14/h3-4,7,14,24-26H,5-6,8-10H2,1-2H3/b20-16+,24-17?/t14-/m1/s1. The zero-order valence-corrected chi connectivity index (χ0v) is 17.6. The first kappa shape index (κ1) is 20.6. The summed E-state index contributed by atoms with van der Waals surface area (Å²) in [5, 5.41) is 15.2. The van der Waals surface area contributed by atoms with Crippen LogP contribution in [0.2, 0.25) is 0 Å². The third-order valence-electron chi connectivity index (χ3n) is 5.41. The molecule has 0 unspecified atom stereocenters. The van der Waals surface area contributed by atoms with Gasteiger partial charge in [0.25, 0.3) is 5.91 Å². The highest BCUT2D eigenvalue weighted by Crippen LogP contribution is 2.27. The predicted molar refractivity (Wildman–Crippen MR) is 114 cm³/mol. The van der Waals surface area contributed by atoms with Gasteiger partial charge in [0.05, 0.1) is 35.1 Å². The molecule has 3 N–H and O–H groups in total. The number of benzene rings is 1. The Morgan fingerprint density at radius 1 is 1.40 bits per heavy atom. The molecule has 158 valence electrons. The first-order chi connectivity index (χ1) is 14.3. The van der Waals surface area contributed by atoms with Crippen molar-refractivity contribution in [1.82, 2.24) is 15.5 Å². The topological polar surface area (TPSA) is 89.8 Å². The fourth-order valence-corrected chi connectivity index (χ4v) is 3.61. The molecule has 0 radical (unpaired) electrons. The van der Waals surface area contributed by atoms with Gasteiger partial charge in [0.1, 0.15) is 24.0 Å². The number of amides is 1. The van der Waals surface area contributed by atoms with Crippen molar-refractivity contribution in [2.24, 2.45) is 4.99 Å². The molecule has 3 heterocycles. The minimum Gasteiger partial charge on any atom is -0.491 e. The molecule has 1 aromatic carbocycles. The largest absolute Gasteiger partial charge is 0.491 e. The molecular weight excluding hydrogens is 409 g/mol. The van der Waals surface area contributed by atoms with Gasteiger partial charge in [0.2, 0.25) is 0 Å². The van der Waals surface area contributed by atoms with E-state index in [0.29, 0.717) is 34.5 Å². The van der Waals surface area contributed by atoms with Gasteiger partial charge in [-0.1, -0.05) is 11.6 Å². The number of likely N-dealkylation sites (tertiary alicyclic amines) is 1. The summed E-state index contributed by atoms with van der Waals surface area (Å²) in [5.41, 5.74) is 2.63. The normalized spacial score (nSPS) is 23.9. The van der Waals surface area contributed by atoms with Gasteiger partial charge in [0, 0.05) is 23.4 Å². The third-order valence-corrected chi connectivity index (χ3v) is 5.96. The number of ether oxygens (including phenoxy) is 1. The summed E-state index contributed by atoms with van der Waals surface area (Å²) < 4.78 is 19.5. The molecular formula is C21H23ClFN5O2. The highest BCUT2D eigenvalue weighted by atomic mass is 35.5. The minimum absolute atomic E-state index is 0.144. The maximum absolute atomic E-state index is 13.8. The Morgan fingerprint density at radius 2 is 2.17 bits per heavy atom. The molecule has 2 saturated heterocycles. The van der Waals surface area contributed by atoms with Crippen LogP contribution in [0.25, 0.3) is 0 Å². The first-order valence-corrected chi connectivity index (χ1v) is 10.2. The second-order valence-corrected chi connectivity index (χ2v) is 8.00. The Morgan fingerprint density at radius 3 is 2.83 bits per heavy atom. The SMILES string of the molecule is CC1=N/C(=C2\CN(C(=O)c3ccc(F)cc3OC[C@H]3CCN3)CC2=N)NC(C)=C1Cl. The van der Waals surface area contributed by atoms with Crippen LogP contribution in [-0.2, 0) is 0 Å². The van der Waals surface area contributed by atoms with E-state index in [2.05, 4.69) is 15.6 Å². The molecule has 30 heavy (non-hydrogen) atoms. The van der Waals surface area contributed by atoms with E-state index in [0.717, 1.165) is 18.7 Å². The summed E-state index contributed by atoms with van der Waals surface area (Å²) in [6.07, 6.45) is 0.990. The van der Waals surface area contributed by atoms with Crippen molar-refractivity contribution in [2.75, 3.05) is 26.2 Å². The average Bonchev–Trinajstić information content (AvgIpc) is 3.06. The molecule has 2 fully saturated rings. The van der Waals surface area contributed by atoms with Crippen molar-refractivity contribution in [3.63, 3.8) is 0 Å². The molecule has 1 atom stereocenters. The molecule has 3 aliphatic heterocycles. The maximum Gasteiger partial charge on any atom is 0.258 e. The lowest BCUT2D eigenvalue weighted by atomic mass is 10.1. The Bertz CT molecular complexity index is 1010. The summed E-state index contributed by atoms with van der Waals surface area (Å²) in [7, 11) is 0. The second kappa shape index (κ2) is 8.20. The number of rotatable bonds is 4. The fraction of sp³-hybridized carbons (Fsp3) is 0.381. The summed E-state index contributed by atoms with van der Waals surface area (Å²) >= 11 is 6.18. The number of allylic oxidation sites excluding steroid dienone is 2. The predicted octanol–water partition coefficient (Wildman–Crippen LogP) is 2.79. The van der Waals surface area contributed by atoms with Crippen molar-refractivity contribution < 1.29 is 13.9 Å². The Balaban J connectivity index is 1.55. The van der Waals surface area contributed by atoms with E-state index in [9.17, 15) is 9.18 Å². The molecule has 1 aromatic rings. The molecule has 4 rings (SSSR count). The number of nitrogens with zero attached hydrogens (tertiary/aromatic N) is 2. The molecule has 3 aliphatic rings. The van der Waals surface area contributed by atoms with E-state index in [1.165, 1.54) is 23.1 Å². The van der Waals surface area contributed by atoms with E-state index in [4.69, 9.17) is 21.7 Å². The number of aliphatic imine (C=N–C) groups is 1. The Hall–Kier alpha value is -2.71. The lowest BCUT2D eigenvalue weighted by molar-refractivity contribution is 0.0798. The number of halogens is 2.